The molecule has 3 fully saturated rings. The maximum absolute atomic E-state index is 13.3. The first-order chi connectivity index (χ1) is 14.1. The highest BCUT2D eigenvalue weighted by molar-refractivity contribution is 5.92. The van der Waals surface area contributed by atoms with Crippen LogP contribution in [-0.2, 0) is 14.3 Å². The molecule has 3 aliphatic heterocycles. The van der Waals surface area contributed by atoms with Gasteiger partial charge in [0.05, 0.1) is 0 Å². The zero-order chi connectivity index (χ0) is 20.2. The molecule has 0 aromatic heterocycles. The molecule has 4 rings (SSSR count). The van der Waals surface area contributed by atoms with E-state index in [4.69, 9.17) is 4.74 Å². The van der Waals surface area contributed by atoms with Gasteiger partial charge in [-0.1, -0.05) is 12.1 Å². The number of hydrogen-bond donors (Lipinski definition) is 0. The molecule has 0 aliphatic carbocycles. The Morgan fingerprint density at radius 2 is 1.93 bits per heavy atom. The third-order valence-electron chi connectivity index (χ3n) is 6.50. The van der Waals surface area contributed by atoms with Crippen molar-refractivity contribution in [2.45, 2.75) is 38.1 Å². The summed E-state index contributed by atoms with van der Waals surface area (Å²) in [6.45, 7) is 3.57. The van der Waals surface area contributed by atoms with E-state index in [0.717, 1.165) is 51.7 Å². The summed E-state index contributed by atoms with van der Waals surface area (Å²) in [6.07, 6.45) is 7.71. The number of likely N-dealkylation sites (tertiary alicyclic amines) is 2. The van der Waals surface area contributed by atoms with Crippen LogP contribution in [0.3, 0.4) is 0 Å². The fourth-order valence-corrected chi connectivity index (χ4v) is 4.95. The Bertz CT molecular complexity index is 775. The van der Waals surface area contributed by atoms with Gasteiger partial charge < -0.3 is 14.5 Å². The van der Waals surface area contributed by atoms with E-state index >= 15 is 0 Å². The lowest BCUT2D eigenvalue weighted by Gasteiger charge is -2.47. The lowest BCUT2D eigenvalue weighted by molar-refractivity contribution is -0.144. The third-order valence-corrected chi connectivity index (χ3v) is 6.50. The molecule has 5 nitrogen and oxygen atoms in total. The molecule has 29 heavy (non-hydrogen) atoms. The Kier molecular flexibility index (Phi) is 6.28. The number of piperidine rings is 2. The van der Waals surface area contributed by atoms with Crippen LogP contribution in [0.5, 0.6) is 0 Å². The molecule has 1 aromatic rings. The minimum atomic E-state index is -0.306. The van der Waals surface area contributed by atoms with Crippen molar-refractivity contribution in [3.05, 3.63) is 41.7 Å². The monoisotopic (exact) mass is 400 g/mol. The van der Waals surface area contributed by atoms with E-state index in [1.165, 1.54) is 12.1 Å². The van der Waals surface area contributed by atoms with E-state index < -0.39 is 0 Å². The van der Waals surface area contributed by atoms with E-state index in [9.17, 15) is 14.0 Å². The molecule has 2 atom stereocenters. The molecule has 3 saturated heterocycles. The van der Waals surface area contributed by atoms with Gasteiger partial charge in [-0.2, -0.15) is 0 Å². The van der Waals surface area contributed by atoms with Crippen molar-refractivity contribution in [2.24, 2.45) is 11.8 Å². The first-order valence-electron chi connectivity index (χ1n) is 10.7. The van der Waals surface area contributed by atoms with Crippen LogP contribution in [0, 0.1) is 17.7 Å². The largest absolute Gasteiger partial charge is 0.381 e. The van der Waals surface area contributed by atoms with Crippen LogP contribution >= 0.6 is 0 Å². The van der Waals surface area contributed by atoms with Gasteiger partial charge in [-0.15, -0.1) is 0 Å². The summed E-state index contributed by atoms with van der Waals surface area (Å²) in [4.78, 5) is 29.7. The Labute approximate surface area is 171 Å². The van der Waals surface area contributed by atoms with Crippen molar-refractivity contribution in [3.8, 4) is 0 Å². The maximum atomic E-state index is 13.3. The summed E-state index contributed by atoms with van der Waals surface area (Å²) in [5.74, 6) is 0.372. The van der Waals surface area contributed by atoms with E-state index in [0.29, 0.717) is 24.7 Å². The van der Waals surface area contributed by atoms with Crippen LogP contribution in [0.25, 0.3) is 6.08 Å². The molecule has 156 valence electrons. The fraction of sp³-hybridized carbons (Fsp3) is 0.565. The number of carbonyl (C=O) groups excluding carboxylic acids is 2. The minimum Gasteiger partial charge on any atom is -0.381 e. The number of benzene rings is 1. The number of carbonyl (C=O) groups is 2. The second-order valence-corrected chi connectivity index (χ2v) is 8.35. The number of nitrogens with zero attached hydrogens (tertiary/aromatic N) is 2. The summed E-state index contributed by atoms with van der Waals surface area (Å²) in [7, 11) is 0. The zero-order valence-electron chi connectivity index (χ0n) is 16.8. The molecule has 0 bridgehead atoms. The first-order valence-corrected chi connectivity index (χ1v) is 10.7. The van der Waals surface area contributed by atoms with Gasteiger partial charge in [0.15, 0.2) is 0 Å². The summed E-state index contributed by atoms with van der Waals surface area (Å²) in [6, 6.07) is 6.42. The van der Waals surface area contributed by atoms with Gasteiger partial charge in [0.2, 0.25) is 11.8 Å². The quantitative estimate of drug-likeness (QED) is 0.733. The van der Waals surface area contributed by atoms with Crippen LogP contribution in [0.15, 0.2) is 30.3 Å². The van der Waals surface area contributed by atoms with Crippen molar-refractivity contribution < 1.29 is 18.7 Å². The topological polar surface area (TPSA) is 49.9 Å². The summed E-state index contributed by atoms with van der Waals surface area (Å²) in [5, 5.41) is 0. The normalized spacial score (nSPS) is 25.8. The Balaban J connectivity index is 1.38. The van der Waals surface area contributed by atoms with Gasteiger partial charge in [0.1, 0.15) is 5.82 Å². The van der Waals surface area contributed by atoms with Gasteiger partial charge in [0.25, 0.3) is 0 Å². The SMILES string of the molecule is O=C(C1CCOCC1)N1CC[C@H]2[C@H](CCCN2C(=O)/C=C/c2cccc(F)c2)C1. The molecule has 1 aromatic carbocycles. The first kappa shape index (κ1) is 20.1. The van der Waals surface area contributed by atoms with Crippen LogP contribution in [0.2, 0.25) is 0 Å². The Morgan fingerprint density at radius 3 is 2.72 bits per heavy atom. The Hall–Kier alpha value is -2.21. The molecule has 0 saturated carbocycles. The molecule has 6 heteroatoms. The number of amides is 2. The molecular formula is C23H29FN2O3. The second-order valence-electron chi connectivity index (χ2n) is 8.35. The van der Waals surface area contributed by atoms with Gasteiger partial charge in [-0.3, -0.25) is 9.59 Å². The van der Waals surface area contributed by atoms with Crippen LogP contribution in [-0.4, -0.2) is 60.5 Å². The molecule has 0 radical (unpaired) electrons. The lowest BCUT2D eigenvalue weighted by atomic mass is 9.83. The fourth-order valence-electron chi connectivity index (χ4n) is 4.95. The molecular weight excluding hydrogens is 371 g/mol. The minimum absolute atomic E-state index is 0.0202. The number of rotatable bonds is 3. The summed E-state index contributed by atoms with van der Waals surface area (Å²) < 4.78 is 18.7. The van der Waals surface area contributed by atoms with Crippen molar-refractivity contribution in [1.29, 1.82) is 0 Å². The second kappa shape index (κ2) is 9.08. The van der Waals surface area contributed by atoms with Gasteiger partial charge >= 0.3 is 0 Å². The molecule has 0 spiro atoms. The molecule has 3 heterocycles. The van der Waals surface area contributed by atoms with Crippen molar-refractivity contribution >= 4 is 17.9 Å². The highest BCUT2D eigenvalue weighted by Gasteiger charge is 2.39. The highest BCUT2D eigenvalue weighted by Crippen LogP contribution is 2.32. The average Bonchev–Trinajstić information content (AvgIpc) is 2.77. The molecule has 3 aliphatic rings. The molecule has 0 unspecified atom stereocenters. The molecule has 2 amide bonds. The number of ether oxygens (including phenoxy) is 1. The van der Waals surface area contributed by atoms with Crippen molar-refractivity contribution in [2.75, 3.05) is 32.8 Å². The maximum Gasteiger partial charge on any atom is 0.246 e. The Morgan fingerprint density at radius 1 is 1.10 bits per heavy atom. The van der Waals surface area contributed by atoms with E-state index in [1.807, 2.05) is 9.80 Å². The predicted octanol–water partition coefficient (Wildman–Crippen LogP) is 3.11. The van der Waals surface area contributed by atoms with Gasteiger partial charge in [-0.05, 0) is 61.8 Å². The van der Waals surface area contributed by atoms with E-state index in [-0.39, 0.29) is 29.6 Å². The standard InChI is InChI=1S/C23H29FN2O3/c24-20-5-1-3-17(15-20)6-7-22(27)26-11-2-4-19-16-25(12-8-21(19)26)23(28)18-9-13-29-14-10-18/h1,3,5-7,15,18-19,21H,2,4,8-14,16H2/b7-6+/t19-,21+/m1/s1. The van der Waals surface area contributed by atoms with Gasteiger partial charge in [0, 0.05) is 50.9 Å². The van der Waals surface area contributed by atoms with Crippen LogP contribution < -0.4 is 0 Å². The smallest absolute Gasteiger partial charge is 0.246 e. The number of halogens is 1. The predicted molar refractivity (Wildman–Crippen MR) is 108 cm³/mol. The molecule has 0 N–H and O–H groups in total. The number of hydrogen-bond acceptors (Lipinski definition) is 3. The number of fused-ring (bicyclic) bond motifs is 1. The van der Waals surface area contributed by atoms with E-state index in [1.54, 1.807) is 24.3 Å². The van der Waals surface area contributed by atoms with Crippen molar-refractivity contribution in [3.63, 3.8) is 0 Å². The summed E-state index contributed by atoms with van der Waals surface area (Å²) in [5.41, 5.74) is 0.684. The van der Waals surface area contributed by atoms with Gasteiger partial charge in [-0.25, -0.2) is 4.39 Å². The van der Waals surface area contributed by atoms with Crippen molar-refractivity contribution in [1.82, 2.24) is 9.80 Å². The average molecular weight is 400 g/mol. The van der Waals surface area contributed by atoms with Crippen LogP contribution in [0.4, 0.5) is 4.39 Å². The van der Waals surface area contributed by atoms with E-state index in [2.05, 4.69) is 0 Å². The van der Waals surface area contributed by atoms with Crippen LogP contribution in [0.1, 0.15) is 37.7 Å². The highest BCUT2D eigenvalue weighted by atomic mass is 19.1. The third kappa shape index (κ3) is 4.69. The zero-order valence-corrected chi connectivity index (χ0v) is 16.8. The summed E-state index contributed by atoms with van der Waals surface area (Å²) >= 11 is 0. The lowest BCUT2D eigenvalue weighted by Crippen LogP contribution is -2.57.